The monoisotopic (exact) mass is 434 g/mol. The van der Waals surface area contributed by atoms with E-state index in [2.05, 4.69) is 13.8 Å². The number of rotatable bonds is 11. The Hall–Kier alpha value is -0.683. The number of halogens is 2. The van der Waals surface area contributed by atoms with Gasteiger partial charge in [-0.05, 0) is 45.7 Å². The first-order valence-corrected chi connectivity index (χ1v) is 11.0. The van der Waals surface area contributed by atoms with Gasteiger partial charge in [0.1, 0.15) is 11.5 Å². The summed E-state index contributed by atoms with van der Waals surface area (Å²) < 4.78 is 11.7. The SMILES string of the molecule is CCCCOc1ccc(PC(=O)c2c(Cl)cccc2Cl)c(OCCCC)c1.[LiH]. The predicted molar refractivity (Wildman–Crippen MR) is 123 cm³/mol. The van der Waals surface area contributed by atoms with Gasteiger partial charge < -0.3 is 9.47 Å². The molecule has 0 amide bonds. The third-order valence-electron chi connectivity index (χ3n) is 3.91. The van der Waals surface area contributed by atoms with Crippen LogP contribution in [-0.2, 0) is 0 Å². The van der Waals surface area contributed by atoms with Crippen LogP contribution in [0.4, 0.5) is 0 Å². The maximum atomic E-state index is 12.8. The Morgan fingerprint density at radius 3 is 2.18 bits per heavy atom. The number of benzene rings is 2. The number of hydrogen-bond acceptors (Lipinski definition) is 3. The molecule has 0 aliphatic heterocycles. The maximum absolute atomic E-state index is 12.8. The van der Waals surface area contributed by atoms with E-state index in [-0.39, 0.29) is 33.0 Å². The second-order valence-electron chi connectivity index (χ2n) is 6.11. The Morgan fingerprint density at radius 1 is 0.964 bits per heavy atom. The fourth-order valence-corrected chi connectivity index (χ4v) is 4.18. The van der Waals surface area contributed by atoms with Crippen molar-refractivity contribution in [3.8, 4) is 11.5 Å². The van der Waals surface area contributed by atoms with Crippen molar-refractivity contribution < 1.29 is 14.3 Å². The minimum atomic E-state index is -0.130. The van der Waals surface area contributed by atoms with Gasteiger partial charge in [-0.3, -0.25) is 4.79 Å². The zero-order valence-corrected chi connectivity index (χ0v) is 18.2. The molecule has 0 bridgehead atoms. The van der Waals surface area contributed by atoms with Crippen LogP contribution in [0.5, 0.6) is 11.5 Å². The van der Waals surface area contributed by atoms with Crippen LogP contribution < -0.4 is 14.8 Å². The standard InChI is InChI=1S/C21H25Cl2O3P.Li.H/c1-3-5-12-25-15-10-11-19(18(14-15)26-13-6-4-2)27-21(24)20-16(22)8-7-9-17(20)23;;/h7-11,14,27H,3-6,12-13H2,1-2H3;;. The molecule has 0 aliphatic rings. The van der Waals surface area contributed by atoms with Crippen molar-refractivity contribution in [1.82, 2.24) is 0 Å². The van der Waals surface area contributed by atoms with Gasteiger partial charge in [-0.1, -0.05) is 56.0 Å². The van der Waals surface area contributed by atoms with Crippen LogP contribution >= 0.6 is 31.8 Å². The van der Waals surface area contributed by atoms with Crippen LogP contribution in [0.25, 0.3) is 0 Å². The van der Waals surface area contributed by atoms with Crippen LogP contribution in [0.2, 0.25) is 10.0 Å². The van der Waals surface area contributed by atoms with E-state index in [0.29, 0.717) is 34.6 Å². The number of carbonyl (C=O) groups is 1. The number of unbranched alkanes of at least 4 members (excludes halogenated alkanes) is 2. The molecule has 0 saturated heterocycles. The van der Waals surface area contributed by atoms with Crippen LogP contribution in [-0.4, -0.2) is 37.6 Å². The Bertz CT molecular complexity index is 751. The van der Waals surface area contributed by atoms with Crippen molar-refractivity contribution in [3.63, 3.8) is 0 Å². The van der Waals surface area contributed by atoms with Crippen molar-refractivity contribution in [2.75, 3.05) is 13.2 Å². The molecule has 0 aliphatic carbocycles. The molecule has 3 nitrogen and oxygen atoms in total. The number of carbonyl (C=O) groups excluding carboxylic acids is 1. The van der Waals surface area contributed by atoms with Gasteiger partial charge in [-0.15, -0.1) is 0 Å². The van der Waals surface area contributed by atoms with Gasteiger partial charge in [0.25, 0.3) is 0 Å². The molecule has 1 atom stereocenters. The molecule has 2 aromatic rings. The average Bonchev–Trinajstić information content (AvgIpc) is 2.64. The molecule has 0 heterocycles. The van der Waals surface area contributed by atoms with Crippen LogP contribution in [0.1, 0.15) is 49.9 Å². The van der Waals surface area contributed by atoms with Gasteiger partial charge in [0, 0.05) is 11.4 Å². The summed E-state index contributed by atoms with van der Waals surface area (Å²) in [5.41, 5.74) is 0.257. The molecule has 0 spiro atoms. The molecule has 0 saturated carbocycles. The van der Waals surface area contributed by atoms with E-state index in [9.17, 15) is 4.79 Å². The van der Waals surface area contributed by atoms with E-state index in [1.165, 1.54) is 0 Å². The Balaban J connectivity index is 0.00000392. The number of hydrogen-bond donors (Lipinski definition) is 0. The second-order valence-corrected chi connectivity index (χ2v) is 8.17. The Kier molecular flexibility index (Phi) is 12.2. The molecule has 28 heavy (non-hydrogen) atoms. The summed E-state index contributed by atoms with van der Waals surface area (Å²) in [6.45, 7) is 5.51. The van der Waals surface area contributed by atoms with Crippen molar-refractivity contribution in [1.29, 1.82) is 0 Å². The van der Waals surface area contributed by atoms with Crippen molar-refractivity contribution in [3.05, 3.63) is 52.0 Å². The van der Waals surface area contributed by atoms with Gasteiger partial charge in [0.15, 0.2) is 5.52 Å². The van der Waals surface area contributed by atoms with Gasteiger partial charge in [-0.2, -0.15) is 0 Å². The van der Waals surface area contributed by atoms with Crippen LogP contribution in [0.15, 0.2) is 36.4 Å². The molecule has 148 valence electrons. The average molecular weight is 435 g/mol. The first kappa shape index (κ1) is 25.4. The van der Waals surface area contributed by atoms with E-state index in [4.69, 9.17) is 32.7 Å². The van der Waals surface area contributed by atoms with E-state index in [0.717, 1.165) is 36.7 Å². The molecule has 7 heteroatoms. The molecular formula is C21H26Cl2LiO3P. The molecular weight excluding hydrogens is 409 g/mol. The van der Waals surface area contributed by atoms with E-state index in [1.807, 2.05) is 18.2 Å². The molecule has 0 aromatic heterocycles. The minimum absolute atomic E-state index is 0. The first-order chi connectivity index (χ1) is 13.1. The third-order valence-corrected chi connectivity index (χ3v) is 5.70. The fraction of sp³-hybridized carbons (Fsp3) is 0.381. The summed E-state index contributed by atoms with van der Waals surface area (Å²) in [4.78, 5) is 12.8. The van der Waals surface area contributed by atoms with Gasteiger partial charge >= 0.3 is 18.9 Å². The van der Waals surface area contributed by atoms with Crippen LogP contribution in [0.3, 0.4) is 0 Å². The molecule has 0 fully saturated rings. The first-order valence-electron chi connectivity index (χ1n) is 9.21. The van der Waals surface area contributed by atoms with Gasteiger partial charge in [0.2, 0.25) is 0 Å². The Morgan fingerprint density at radius 2 is 1.57 bits per heavy atom. The quantitative estimate of drug-likeness (QED) is 0.253. The zero-order chi connectivity index (χ0) is 19.6. The predicted octanol–water partition coefficient (Wildman–Crippen LogP) is 5.85. The Labute approximate surface area is 191 Å². The summed E-state index contributed by atoms with van der Waals surface area (Å²) in [7, 11) is -0.130. The van der Waals surface area contributed by atoms with Gasteiger partial charge in [-0.25, -0.2) is 0 Å². The van der Waals surface area contributed by atoms with E-state index < -0.39 is 0 Å². The normalized spacial score (nSPS) is 10.7. The second kappa shape index (κ2) is 13.5. The summed E-state index contributed by atoms with van der Waals surface area (Å²) in [6.07, 6.45) is 4.07. The van der Waals surface area contributed by atoms with Gasteiger partial charge in [0.05, 0.1) is 28.8 Å². The van der Waals surface area contributed by atoms with E-state index in [1.54, 1.807) is 18.2 Å². The molecule has 1 unspecified atom stereocenters. The molecule has 0 N–H and O–H groups in total. The summed E-state index contributed by atoms with van der Waals surface area (Å²) in [5, 5.41) is 1.57. The molecule has 0 radical (unpaired) electrons. The van der Waals surface area contributed by atoms with Crippen LogP contribution in [0, 0.1) is 0 Å². The van der Waals surface area contributed by atoms with Crippen molar-refractivity contribution >= 4 is 61.5 Å². The topological polar surface area (TPSA) is 35.5 Å². The van der Waals surface area contributed by atoms with Crippen molar-refractivity contribution in [2.24, 2.45) is 0 Å². The zero-order valence-electron chi connectivity index (χ0n) is 15.7. The molecule has 2 rings (SSSR count). The summed E-state index contributed by atoms with van der Waals surface area (Å²) in [5.74, 6) is 1.44. The van der Waals surface area contributed by atoms with E-state index >= 15 is 0 Å². The summed E-state index contributed by atoms with van der Waals surface area (Å²) in [6, 6.07) is 10.7. The summed E-state index contributed by atoms with van der Waals surface area (Å²) >= 11 is 12.4. The third kappa shape index (κ3) is 7.62. The molecule has 2 aromatic carbocycles. The van der Waals surface area contributed by atoms with Crippen molar-refractivity contribution in [2.45, 2.75) is 39.5 Å². The fourth-order valence-electron chi connectivity index (χ4n) is 2.38. The number of ether oxygens (including phenoxy) is 2.